The number of pyridine rings is 1. The van der Waals surface area contributed by atoms with Crippen LogP contribution < -0.4 is 0 Å². The molecule has 2 heterocycles. The predicted octanol–water partition coefficient (Wildman–Crippen LogP) is 1.51. The van der Waals surface area contributed by atoms with Gasteiger partial charge in [0.1, 0.15) is 16.5 Å². The van der Waals surface area contributed by atoms with Gasteiger partial charge in [-0.2, -0.15) is 12.6 Å². The van der Waals surface area contributed by atoms with E-state index in [2.05, 4.69) is 34.6 Å². The van der Waals surface area contributed by atoms with E-state index in [9.17, 15) is 5.11 Å². The maximum atomic E-state index is 9.75. The highest BCUT2D eigenvalue weighted by atomic mass is 32.2. The first kappa shape index (κ1) is 13.7. The van der Waals surface area contributed by atoms with Crippen LogP contribution in [-0.4, -0.2) is 57.7 Å². The van der Waals surface area contributed by atoms with E-state index < -0.39 is 0 Å². The van der Waals surface area contributed by atoms with Crippen LogP contribution in [-0.2, 0) is 0 Å². The molecule has 0 fully saturated rings. The first-order chi connectivity index (χ1) is 8.70. The number of nitrogens with zero attached hydrogens (tertiary/aromatic N) is 3. The van der Waals surface area contributed by atoms with Gasteiger partial charge in [0.2, 0.25) is 0 Å². The van der Waals surface area contributed by atoms with Gasteiger partial charge in [0.25, 0.3) is 0 Å². The van der Waals surface area contributed by atoms with Crippen LogP contribution in [0.25, 0.3) is 0 Å². The van der Waals surface area contributed by atoms with Crippen LogP contribution in [0.15, 0.2) is 23.3 Å². The smallest absolute Gasteiger partial charge is 0.144 e. The molecule has 1 N–H and O–H groups in total. The molecule has 1 aromatic rings. The van der Waals surface area contributed by atoms with E-state index >= 15 is 0 Å². The number of rotatable bonds is 5. The Balaban J connectivity index is 2.02. The number of thioether (sulfide) groups is 1. The van der Waals surface area contributed by atoms with Crippen molar-refractivity contribution in [3.63, 3.8) is 0 Å². The zero-order valence-electron chi connectivity index (χ0n) is 10.3. The lowest BCUT2D eigenvalue weighted by Gasteiger charge is -2.17. The van der Waals surface area contributed by atoms with Crippen LogP contribution >= 0.6 is 24.4 Å². The van der Waals surface area contributed by atoms with Crippen LogP contribution in [0.2, 0.25) is 0 Å². The molecule has 0 saturated heterocycles. The van der Waals surface area contributed by atoms with Crippen molar-refractivity contribution in [2.45, 2.75) is 6.04 Å². The van der Waals surface area contributed by atoms with Crippen molar-refractivity contribution in [1.82, 2.24) is 9.88 Å². The van der Waals surface area contributed by atoms with E-state index in [1.54, 1.807) is 30.1 Å². The summed E-state index contributed by atoms with van der Waals surface area (Å²) in [7, 11) is 2.08. The monoisotopic (exact) mass is 283 g/mol. The van der Waals surface area contributed by atoms with Crippen molar-refractivity contribution in [2.75, 3.05) is 31.6 Å². The minimum Gasteiger partial charge on any atom is -0.506 e. The minimum atomic E-state index is 0.202. The third-order valence-corrected chi connectivity index (χ3v) is 4.03. The quantitative estimate of drug-likeness (QED) is 0.804. The second-order valence-electron chi connectivity index (χ2n) is 4.26. The molecule has 1 aromatic heterocycles. The summed E-state index contributed by atoms with van der Waals surface area (Å²) in [5.41, 5.74) is 0.599. The van der Waals surface area contributed by atoms with Gasteiger partial charge in [-0.05, 0) is 19.2 Å². The standard InChI is InChI=1S/C12H17N3OS2/c1-15(5-6-17)7-9-8-18-12(14-9)11-10(16)3-2-4-13-11/h2-4,9,16-17H,5-8H2,1H3/t9-/m1/s1. The Labute approximate surface area is 117 Å². The predicted molar refractivity (Wildman–Crippen MR) is 80.0 cm³/mol. The zero-order chi connectivity index (χ0) is 13.0. The molecule has 0 radical (unpaired) electrons. The minimum absolute atomic E-state index is 0.202. The number of aromatic hydroxyl groups is 1. The topological polar surface area (TPSA) is 48.7 Å². The summed E-state index contributed by atoms with van der Waals surface area (Å²) in [5, 5.41) is 10.6. The van der Waals surface area contributed by atoms with E-state index in [0.717, 1.165) is 29.6 Å². The number of hydrogen-bond acceptors (Lipinski definition) is 6. The lowest BCUT2D eigenvalue weighted by molar-refractivity contribution is 0.340. The first-order valence-corrected chi connectivity index (χ1v) is 7.47. The largest absolute Gasteiger partial charge is 0.506 e. The fourth-order valence-electron chi connectivity index (χ4n) is 1.82. The Kier molecular flexibility index (Phi) is 4.91. The van der Waals surface area contributed by atoms with Gasteiger partial charge in [-0.3, -0.25) is 9.98 Å². The third kappa shape index (κ3) is 3.40. The van der Waals surface area contributed by atoms with Crippen molar-refractivity contribution in [1.29, 1.82) is 0 Å². The van der Waals surface area contributed by atoms with Gasteiger partial charge in [0.15, 0.2) is 0 Å². The van der Waals surface area contributed by atoms with Crippen LogP contribution in [0.5, 0.6) is 5.75 Å². The van der Waals surface area contributed by atoms with Crippen molar-refractivity contribution >= 4 is 29.4 Å². The number of aromatic nitrogens is 1. The van der Waals surface area contributed by atoms with Crippen molar-refractivity contribution in [2.24, 2.45) is 4.99 Å². The second-order valence-corrected chi connectivity index (χ2v) is 5.71. The first-order valence-electron chi connectivity index (χ1n) is 5.85. The van der Waals surface area contributed by atoms with Gasteiger partial charge in [-0.1, -0.05) is 0 Å². The Morgan fingerprint density at radius 1 is 1.61 bits per heavy atom. The van der Waals surface area contributed by atoms with Gasteiger partial charge in [-0.25, -0.2) is 0 Å². The van der Waals surface area contributed by atoms with Crippen LogP contribution in [0.3, 0.4) is 0 Å². The number of thiol groups is 1. The molecule has 0 amide bonds. The van der Waals surface area contributed by atoms with Crippen molar-refractivity contribution in [3.8, 4) is 5.75 Å². The Hall–Kier alpha value is -0.720. The van der Waals surface area contributed by atoms with E-state index in [1.807, 2.05) is 0 Å². The summed E-state index contributed by atoms with van der Waals surface area (Å²) < 4.78 is 0. The van der Waals surface area contributed by atoms with Crippen molar-refractivity contribution in [3.05, 3.63) is 24.0 Å². The van der Waals surface area contributed by atoms with E-state index in [-0.39, 0.29) is 11.8 Å². The summed E-state index contributed by atoms with van der Waals surface area (Å²) in [5.74, 6) is 2.00. The molecule has 0 aromatic carbocycles. The van der Waals surface area contributed by atoms with E-state index in [0.29, 0.717) is 5.69 Å². The highest BCUT2D eigenvalue weighted by Gasteiger charge is 2.22. The van der Waals surface area contributed by atoms with E-state index in [4.69, 9.17) is 0 Å². The van der Waals surface area contributed by atoms with Gasteiger partial charge in [0.05, 0.1) is 6.04 Å². The van der Waals surface area contributed by atoms with Gasteiger partial charge < -0.3 is 10.0 Å². The lowest BCUT2D eigenvalue weighted by Crippen LogP contribution is -2.29. The molecular formula is C12H17N3OS2. The molecule has 0 aliphatic carbocycles. The van der Waals surface area contributed by atoms with Gasteiger partial charge in [-0.15, -0.1) is 11.8 Å². The maximum Gasteiger partial charge on any atom is 0.144 e. The molecule has 6 heteroatoms. The molecule has 0 unspecified atom stereocenters. The van der Waals surface area contributed by atoms with E-state index in [1.165, 1.54) is 0 Å². The lowest BCUT2D eigenvalue weighted by atomic mass is 10.3. The molecule has 0 spiro atoms. The van der Waals surface area contributed by atoms with Crippen molar-refractivity contribution < 1.29 is 5.11 Å². The fourth-order valence-corrected chi connectivity index (χ4v) is 3.21. The summed E-state index contributed by atoms with van der Waals surface area (Å²) in [6.07, 6.45) is 1.68. The van der Waals surface area contributed by atoms with Gasteiger partial charge in [0, 0.05) is 30.8 Å². The maximum absolute atomic E-state index is 9.75. The molecule has 98 valence electrons. The average molecular weight is 283 g/mol. The summed E-state index contributed by atoms with van der Waals surface area (Å²) >= 11 is 5.88. The average Bonchev–Trinajstić information content (AvgIpc) is 2.78. The molecule has 2 rings (SSSR count). The van der Waals surface area contributed by atoms with Crippen LogP contribution in [0.4, 0.5) is 0 Å². The molecule has 1 atom stereocenters. The number of hydrogen-bond donors (Lipinski definition) is 2. The molecule has 0 saturated carbocycles. The number of aliphatic imine (C=N–C) groups is 1. The number of likely N-dealkylation sites (N-methyl/N-ethyl adjacent to an activating group) is 1. The molecule has 18 heavy (non-hydrogen) atoms. The fraction of sp³-hybridized carbons (Fsp3) is 0.500. The Bertz CT molecular complexity index is 439. The highest BCUT2D eigenvalue weighted by molar-refractivity contribution is 8.14. The summed E-state index contributed by atoms with van der Waals surface area (Å²) in [4.78, 5) is 11.0. The third-order valence-electron chi connectivity index (χ3n) is 2.71. The molecule has 0 bridgehead atoms. The summed E-state index contributed by atoms with van der Waals surface area (Å²) in [6.45, 7) is 1.88. The summed E-state index contributed by atoms with van der Waals surface area (Å²) in [6, 6.07) is 3.64. The zero-order valence-corrected chi connectivity index (χ0v) is 12.0. The van der Waals surface area contributed by atoms with Crippen LogP contribution in [0.1, 0.15) is 5.69 Å². The SMILES string of the molecule is CN(CCS)C[C@@H]1CSC(c2ncccc2O)=N1. The Morgan fingerprint density at radius 2 is 2.44 bits per heavy atom. The molecule has 4 nitrogen and oxygen atoms in total. The highest BCUT2D eigenvalue weighted by Crippen LogP contribution is 2.27. The normalized spacial score (nSPS) is 19.3. The molecule has 1 aliphatic heterocycles. The Morgan fingerprint density at radius 3 is 3.17 bits per heavy atom. The second kappa shape index (κ2) is 6.45. The molecule has 1 aliphatic rings. The molecular weight excluding hydrogens is 266 g/mol. The van der Waals surface area contributed by atoms with Gasteiger partial charge >= 0.3 is 0 Å². The van der Waals surface area contributed by atoms with Crippen LogP contribution in [0, 0.1) is 0 Å².